The molecule has 0 atom stereocenters. The van der Waals surface area contributed by atoms with Crippen LogP contribution in [0.5, 0.6) is 0 Å². The van der Waals surface area contributed by atoms with Crippen molar-refractivity contribution in [3.63, 3.8) is 0 Å². The minimum Gasteiger partial charge on any atom is -0.316 e. The quantitative estimate of drug-likeness (QED) is 0.820. The summed E-state index contributed by atoms with van der Waals surface area (Å²) in [4.78, 5) is 0.0164. The van der Waals surface area contributed by atoms with E-state index in [0.717, 1.165) is 12.3 Å². The fourth-order valence-corrected chi connectivity index (χ4v) is 1.83. The Bertz CT molecular complexity index is 428. The van der Waals surface area contributed by atoms with Crippen LogP contribution >= 0.6 is 0 Å². The Labute approximate surface area is 82.9 Å². The first kappa shape index (κ1) is 11.1. The summed E-state index contributed by atoms with van der Waals surface area (Å²) in [6.07, 6.45) is 1.06. The van der Waals surface area contributed by atoms with Crippen LogP contribution in [0.25, 0.3) is 0 Å². The maximum Gasteiger partial charge on any atom is 0.175 e. The minimum atomic E-state index is -3.33. The van der Waals surface area contributed by atoms with E-state index in [1.54, 1.807) is 7.05 Å². The average molecular weight is 217 g/mol. The first-order valence-electron chi connectivity index (χ1n) is 4.07. The van der Waals surface area contributed by atoms with E-state index in [9.17, 15) is 12.8 Å². The van der Waals surface area contributed by atoms with Gasteiger partial charge in [0.2, 0.25) is 0 Å². The van der Waals surface area contributed by atoms with Crippen LogP contribution in [-0.2, 0) is 16.4 Å². The summed E-state index contributed by atoms with van der Waals surface area (Å²) >= 11 is 0. The SMILES string of the molecule is CNCc1cc(F)cc(S(C)(=O)=O)c1. The lowest BCUT2D eigenvalue weighted by Crippen LogP contribution is -2.07. The van der Waals surface area contributed by atoms with Crippen LogP contribution in [0, 0.1) is 5.82 Å². The molecule has 0 aliphatic carbocycles. The normalized spacial score (nSPS) is 11.6. The number of hydrogen-bond donors (Lipinski definition) is 1. The van der Waals surface area contributed by atoms with Gasteiger partial charge >= 0.3 is 0 Å². The molecule has 0 unspecified atom stereocenters. The lowest BCUT2D eigenvalue weighted by atomic mass is 10.2. The second-order valence-electron chi connectivity index (χ2n) is 3.10. The molecular formula is C9H12FNO2S. The van der Waals surface area contributed by atoms with E-state index < -0.39 is 15.7 Å². The van der Waals surface area contributed by atoms with Crippen LogP contribution in [0.15, 0.2) is 23.1 Å². The lowest BCUT2D eigenvalue weighted by molar-refractivity contribution is 0.594. The van der Waals surface area contributed by atoms with Crippen molar-refractivity contribution >= 4 is 9.84 Å². The van der Waals surface area contributed by atoms with E-state index in [2.05, 4.69) is 5.32 Å². The second kappa shape index (κ2) is 4.06. The zero-order chi connectivity index (χ0) is 10.8. The standard InChI is InChI=1S/C9H12FNO2S/c1-11-6-7-3-8(10)5-9(4-7)14(2,12)13/h3-5,11H,6H2,1-2H3. The topological polar surface area (TPSA) is 46.2 Å². The third kappa shape index (κ3) is 2.78. The third-order valence-corrected chi connectivity index (χ3v) is 2.83. The largest absolute Gasteiger partial charge is 0.316 e. The Hall–Kier alpha value is -0.940. The van der Waals surface area contributed by atoms with E-state index in [1.165, 1.54) is 12.1 Å². The molecule has 0 spiro atoms. The third-order valence-electron chi connectivity index (χ3n) is 1.74. The molecule has 0 aromatic heterocycles. The monoisotopic (exact) mass is 217 g/mol. The predicted molar refractivity (Wildman–Crippen MR) is 52.3 cm³/mol. The average Bonchev–Trinajstić information content (AvgIpc) is 2.02. The highest BCUT2D eigenvalue weighted by molar-refractivity contribution is 7.90. The van der Waals surface area contributed by atoms with Crippen molar-refractivity contribution in [1.82, 2.24) is 5.32 Å². The maximum atomic E-state index is 13.0. The Morgan fingerprint density at radius 3 is 2.50 bits per heavy atom. The molecule has 0 saturated carbocycles. The molecule has 1 rings (SSSR count). The first-order valence-corrected chi connectivity index (χ1v) is 5.97. The molecule has 0 aliphatic rings. The molecule has 14 heavy (non-hydrogen) atoms. The summed E-state index contributed by atoms with van der Waals surface area (Å²) in [5, 5.41) is 2.83. The van der Waals surface area contributed by atoms with Gasteiger partial charge in [0.25, 0.3) is 0 Å². The zero-order valence-corrected chi connectivity index (χ0v) is 8.86. The van der Waals surface area contributed by atoms with Crippen molar-refractivity contribution in [2.24, 2.45) is 0 Å². The number of halogens is 1. The van der Waals surface area contributed by atoms with Gasteiger partial charge in [0, 0.05) is 12.8 Å². The van der Waals surface area contributed by atoms with Crippen LogP contribution < -0.4 is 5.32 Å². The van der Waals surface area contributed by atoms with Crippen LogP contribution in [-0.4, -0.2) is 21.7 Å². The molecule has 0 radical (unpaired) electrons. The van der Waals surface area contributed by atoms with Crippen LogP contribution in [0.2, 0.25) is 0 Å². The molecule has 1 N–H and O–H groups in total. The van der Waals surface area contributed by atoms with E-state index in [0.29, 0.717) is 12.1 Å². The summed E-state index contributed by atoms with van der Waals surface area (Å²) in [5.74, 6) is -0.529. The number of hydrogen-bond acceptors (Lipinski definition) is 3. The highest BCUT2D eigenvalue weighted by atomic mass is 32.2. The zero-order valence-electron chi connectivity index (χ0n) is 8.04. The van der Waals surface area contributed by atoms with E-state index >= 15 is 0 Å². The van der Waals surface area contributed by atoms with Gasteiger partial charge < -0.3 is 5.32 Å². The molecule has 0 saturated heterocycles. The molecule has 0 aliphatic heterocycles. The molecule has 0 fully saturated rings. The van der Waals surface area contributed by atoms with Gasteiger partial charge in [-0.05, 0) is 30.8 Å². The molecule has 1 aromatic rings. The van der Waals surface area contributed by atoms with Crippen molar-refractivity contribution in [3.8, 4) is 0 Å². The fraction of sp³-hybridized carbons (Fsp3) is 0.333. The summed E-state index contributed by atoms with van der Waals surface area (Å²) in [6, 6.07) is 3.80. The van der Waals surface area contributed by atoms with Gasteiger partial charge in [-0.1, -0.05) is 0 Å². The van der Waals surface area contributed by atoms with Gasteiger partial charge in [0.05, 0.1) is 4.90 Å². The van der Waals surface area contributed by atoms with Crippen molar-refractivity contribution in [2.45, 2.75) is 11.4 Å². The van der Waals surface area contributed by atoms with Crippen LogP contribution in [0.3, 0.4) is 0 Å². The van der Waals surface area contributed by atoms with E-state index in [-0.39, 0.29) is 4.90 Å². The minimum absolute atomic E-state index is 0.0164. The molecule has 0 bridgehead atoms. The number of nitrogens with one attached hydrogen (secondary N) is 1. The van der Waals surface area contributed by atoms with Gasteiger partial charge in [-0.2, -0.15) is 0 Å². The van der Waals surface area contributed by atoms with E-state index in [4.69, 9.17) is 0 Å². The van der Waals surface area contributed by atoms with Gasteiger partial charge in [0.15, 0.2) is 9.84 Å². The molecule has 78 valence electrons. The highest BCUT2D eigenvalue weighted by Crippen LogP contribution is 2.14. The summed E-state index contributed by atoms with van der Waals surface area (Å²) < 4.78 is 35.3. The van der Waals surface area contributed by atoms with Crippen molar-refractivity contribution in [2.75, 3.05) is 13.3 Å². The molecule has 3 nitrogen and oxygen atoms in total. The Kier molecular flexibility index (Phi) is 3.23. The first-order chi connectivity index (χ1) is 6.43. The molecule has 0 amide bonds. The Morgan fingerprint density at radius 1 is 1.36 bits per heavy atom. The number of rotatable bonds is 3. The summed E-state index contributed by atoms with van der Waals surface area (Å²) in [6.45, 7) is 0.445. The molecular weight excluding hydrogens is 205 g/mol. The number of sulfone groups is 1. The predicted octanol–water partition coefficient (Wildman–Crippen LogP) is 0.949. The van der Waals surface area contributed by atoms with Crippen molar-refractivity contribution < 1.29 is 12.8 Å². The smallest absolute Gasteiger partial charge is 0.175 e. The summed E-state index contributed by atoms with van der Waals surface area (Å²) in [7, 11) is -1.62. The van der Waals surface area contributed by atoms with Crippen LogP contribution in [0.4, 0.5) is 4.39 Å². The van der Waals surface area contributed by atoms with Gasteiger partial charge in [-0.3, -0.25) is 0 Å². The molecule has 0 heterocycles. The highest BCUT2D eigenvalue weighted by Gasteiger charge is 2.09. The van der Waals surface area contributed by atoms with Crippen molar-refractivity contribution in [1.29, 1.82) is 0 Å². The molecule has 1 aromatic carbocycles. The maximum absolute atomic E-state index is 13.0. The van der Waals surface area contributed by atoms with Gasteiger partial charge in [-0.25, -0.2) is 12.8 Å². The summed E-state index contributed by atoms with van der Waals surface area (Å²) in [5.41, 5.74) is 0.618. The van der Waals surface area contributed by atoms with Crippen LogP contribution in [0.1, 0.15) is 5.56 Å². The Balaban J connectivity index is 3.21. The number of benzene rings is 1. The molecule has 5 heteroatoms. The van der Waals surface area contributed by atoms with Gasteiger partial charge in [-0.15, -0.1) is 0 Å². The van der Waals surface area contributed by atoms with Gasteiger partial charge in [0.1, 0.15) is 5.82 Å². The van der Waals surface area contributed by atoms with E-state index in [1.807, 2.05) is 0 Å². The fourth-order valence-electron chi connectivity index (χ4n) is 1.14. The second-order valence-corrected chi connectivity index (χ2v) is 5.11. The Morgan fingerprint density at radius 2 is 2.00 bits per heavy atom. The lowest BCUT2D eigenvalue weighted by Gasteiger charge is -2.03. The van der Waals surface area contributed by atoms with Crippen molar-refractivity contribution in [3.05, 3.63) is 29.6 Å².